The summed E-state index contributed by atoms with van der Waals surface area (Å²) in [4.78, 5) is 24.4. The molecule has 1 saturated carbocycles. The third kappa shape index (κ3) is 4.05. The quantitative estimate of drug-likeness (QED) is 0.449. The highest BCUT2D eigenvalue weighted by molar-refractivity contribution is 7.92. The lowest BCUT2D eigenvalue weighted by Crippen LogP contribution is -2.49. The molecule has 1 aromatic carbocycles. The molecular formula is C21H26N2O6S. The second-order valence-electron chi connectivity index (χ2n) is 8.10. The van der Waals surface area contributed by atoms with E-state index in [9.17, 15) is 23.1 Å². The number of sulfone groups is 1. The van der Waals surface area contributed by atoms with Crippen molar-refractivity contribution in [3.8, 4) is 11.1 Å². The van der Waals surface area contributed by atoms with Gasteiger partial charge < -0.3 is 9.67 Å². The first kappa shape index (κ1) is 22.2. The Morgan fingerprint density at radius 1 is 1.20 bits per heavy atom. The van der Waals surface area contributed by atoms with Crippen LogP contribution >= 0.6 is 0 Å². The van der Waals surface area contributed by atoms with Gasteiger partial charge in [0.2, 0.25) is 0 Å². The van der Waals surface area contributed by atoms with Gasteiger partial charge in [-0.2, -0.15) is 0 Å². The van der Waals surface area contributed by atoms with Crippen LogP contribution in [0.4, 0.5) is 0 Å². The minimum Gasteiger partial charge on any atom is -0.385 e. The molecule has 0 spiro atoms. The predicted molar refractivity (Wildman–Crippen MR) is 112 cm³/mol. The van der Waals surface area contributed by atoms with Gasteiger partial charge in [0.15, 0.2) is 14.6 Å². The zero-order valence-corrected chi connectivity index (χ0v) is 17.8. The first-order chi connectivity index (χ1) is 14.0. The maximum atomic E-state index is 12.5. The molecule has 162 valence electrons. The van der Waals surface area contributed by atoms with Crippen molar-refractivity contribution >= 4 is 15.7 Å². The summed E-state index contributed by atoms with van der Waals surface area (Å²) in [5.41, 5.74) is 2.70. The topological polar surface area (TPSA) is 126 Å². The van der Waals surface area contributed by atoms with Crippen molar-refractivity contribution in [3.05, 3.63) is 58.5 Å². The van der Waals surface area contributed by atoms with E-state index < -0.39 is 26.1 Å². The number of carbonyl (C=O) groups excluding carboxylic acids is 1. The number of hydroxylamine groups is 1. The summed E-state index contributed by atoms with van der Waals surface area (Å²) in [6.45, 7) is 1.20. The normalized spacial score (nSPS) is 17.6. The Morgan fingerprint density at radius 3 is 2.30 bits per heavy atom. The number of carbonyl (C=O) groups is 1. The van der Waals surface area contributed by atoms with E-state index in [-0.39, 0.29) is 18.5 Å². The van der Waals surface area contributed by atoms with E-state index in [1.807, 2.05) is 24.3 Å². The van der Waals surface area contributed by atoms with E-state index in [0.29, 0.717) is 5.56 Å². The van der Waals surface area contributed by atoms with Crippen LogP contribution in [0.5, 0.6) is 0 Å². The Morgan fingerprint density at radius 2 is 1.83 bits per heavy atom. The van der Waals surface area contributed by atoms with Gasteiger partial charge in [-0.25, -0.2) is 13.9 Å². The summed E-state index contributed by atoms with van der Waals surface area (Å²) in [5.74, 6) is -1.04. The van der Waals surface area contributed by atoms with Crippen LogP contribution in [-0.4, -0.2) is 40.2 Å². The van der Waals surface area contributed by atoms with E-state index in [4.69, 9.17) is 5.21 Å². The molecule has 9 heteroatoms. The molecule has 1 amide bonds. The van der Waals surface area contributed by atoms with E-state index >= 15 is 0 Å². The number of aromatic nitrogens is 1. The van der Waals surface area contributed by atoms with Crippen molar-refractivity contribution in [1.29, 1.82) is 0 Å². The number of aryl methyl sites for hydroxylation is 1. The van der Waals surface area contributed by atoms with E-state index in [1.54, 1.807) is 12.3 Å². The molecule has 30 heavy (non-hydrogen) atoms. The molecule has 3 N–H and O–H groups in total. The maximum absolute atomic E-state index is 12.5. The molecule has 1 aromatic heterocycles. The Labute approximate surface area is 175 Å². The summed E-state index contributed by atoms with van der Waals surface area (Å²) < 4.78 is 23.6. The minimum atomic E-state index is -3.83. The second kappa shape index (κ2) is 7.98. The highest BCUT2D eigenvalue weighted by Gasteiger charge is 2.43. The fourth-order valence-electron chi connectivity index (χ4n) is 3.56. The van der Waals surface area contributed by atoms with Crippen molar-refractivity contribution in [2.24, 2.45) is 0 Å². The van der Waals surface area contributed by atoms with E-state index in [2.05, 4.69) is 0 Å². The standard InChI is InChI=1S/C21H26N2O6S/c1-20(19(25)22-27,30(2,28)29)11-13-23-12-8-16(14-18(23)24)15-4-6-17(7-5-15)21(26)9-3-10-21/h4-8,12,14,26-27H,3,9-11,13H2,1-2H3,(H,22,25)/t20-/m1/s1. The highest BCUT2D eigenvalue weighted by atomic mass is 32.2. The van der Waals surface area contributed by atoms with Gasteiger partial charge in [-0.1, -0.05) is 24.3 Å². The maximum Gasteiger partial charge on any atom is 0.264 e. The number of hydrogen-bond acceptors (Lipinski definition) is 6. The van der Waals surface area contributed by atoms with Gasteiger partial charge >= 0.3 is 0 Å². The monoisotopic (exact) mass is 434 g/mol. The molecular weight excluding hydrogens is 408 g/mol. The molecule has 0 bridgehead atoms. The number of benzene rings is 1. The van der Waals surface area contributed by atoms with Crippen LogP contribution in [0.1, 0.15) is 38.2 Å². The summed E-state index contributed by atoms with van der Waals surface area (Å²) >= 11 is 0. The van der Waals surface area contributed by atoms with Crippen LogP contribution in [0.2, 0.25) is 0 Å². The molecule has 1 heterocycles. The molecule has 8 nitrogen and oxygen atoms in total. The number of amides is 1. The lowest BCUT2D eigenvalue weighted by Gasteiger charge is -2.37. The molecule has 1 atom stereocenters. The average Bonchev–Trinajstić information content (AvgIpc) is 2.69. The van der Waals surface area contributed by atoms with Crippen molar-refractivity contribution in [2.75, 3.05) is 6.26 Å². The fraction of sp³-hybridized carbons (Fsp3) is 0.429. The Kier molecular flexibility index (Phi) is 5.90. The van der Waals surface area contributed by atoms with Gasteiger partial charge in [0.05, 0.1) is 5.60 Å². The van der Waals surface area contributed by atoms with Crippen LogP contribution in [0.15, 0.2) is 47.4 Å². The summed E-state index contributed by atoms with van der Waals surface area (Å²) in [7, 11) is -3.83. The lowest BCUT2D eigenvalue weighted by molar-refractivity contribution is -0.131. The molecule has 0 unspecified atom stereocenters. The first-order valence-electron chi connectivity index (χ1n) is 9.68. The molecule has 1 fully saturated rings. The Hall–Kier alpha value is -2.49. The largest absolute Gasteiger partial charge is 0.385 e. The number of pyridine rings is 1. The number of nitrogens with zero attached hydrogens (tertiary/aromatic N) is 1. The third-order valence-electron chi connectivity index (χ3n) is 6.16. The van der Waals surface area contributed by atoms with Gasteiger partial charge in [0.25, 0.3) is 11.5 Å². The minimum absolute atomic E-state index is 0.0118. The molecule has 0 aliphatic heterocycles. The zero-order chi connectivity index (χ0) is 22.2. The van der Waals surface area contributed by atoms with Crippen molar-refractivity contribution in [3.63, 3.8) is 0 Å². The molecule has 2 aromatic rings. The first-order valence-corrected chi connectivity index (χ1v) is 11.6. The van der Waals surface area contributed by atoms with Crippen molar-refractivity contribution in [2.45, 2.75) is 49.5 Å². The molecule has 1 aliphatic carbocycles. The van der Waals surface area contributed by atoms with Crippen LogP contribution in [0.3, 0.4) is 0 Å². The lowest BCUT2D eigenvalue weighted by atomic mass is 9.75. The van der Waals surface area contributed by atoms with Crippen LogP contribution < -0.4 is 11.0 Å². The zero-order valence-electron chi connectivity index (χ0n) is 17.0. The fourth-order valence-corrected chi connectivity index (χ4v) is 4.41. The van der Waals surface area contributed by atoms with Crippen LogP contribution in [0, 0.1) is 0 Å². The SMILES string of the molecule is C[C@@](CCn1ccc(-c2ccc(C3(O)CCC3)cc2)cc1=O)(C(=O)NO)S(C)(=O)=O. The number of rotatable bonds is 7. The van der Waals surface area contributed by atoms with Crippen LogP contribution in [-0.2, 0) is 26.8 Å². The summed E-state index contributed by atoms with van der Waals surface area (Å²) in [6.07, 6.45) is 4.80. The third-order valence-corrected chi connectivity index (χ3v) is 8.19. The predicted octanol–water partition coefficient (Wildman–Crippen LogP) is 1.59. The van der Waals surface area contributed by atoms with Gasteiger partial charge in [0.1, 0.15) is 0 Å². The van der Waals surface area contributed by atoms with Crippen molar-refractivity contribution in [1.82, 2.24) is 10.0 Å². The molecule has 0 radical (unpaired) electrons. The van der Waals surface area contributed by atoms with E-state index in [1.165, 1.54) is 23.0 Å². The van der Waals surface area contributed by atoms with Crippen LogP contribution in [0.25, 0.3) is 11.1 Å². The number of hydrogen-bond donors (Lipinski definition) is 3. The van der Waals surface area contributed by atoms with E-state index in [0.717, 1.165) is 36.6 Å². The van der Waals surface area contributed by atoms with Gasteiger partial charge in [-0.15, -0.1) is 0 Å². The summed E-state index contributed by atoms with van der Waals surface area (Å²) in [5, 5.41) is 19.3. The summed E-state index contributed by atoms with van der Waals surface area (Å²) in [6, 6.07) is 10.6. The Balaban J connectivity index is 1.78. The number of aliphatic hydroxyl groups is 1. The second-order valence-corrected chi connectivity index (χ2v) is 10.5. The molecule has 1 aliphatic rings. The highest BCUT2D eigenvalue weighted by Crippen LogP contribution is 2.41. The van der Waals surface area contributed by atoms with Crippen molar-refractivity contribution < 1.29 is 23.5 Å². The Bertz CT molecular complexity index is 1100. The molecule has 0 saturated heterocycles. The van der Waals surface area contributed by atoms with Gasteiger partial charge in [0, 0.05) is 25.1 Å². The van der Waals surface area contributed by atoms with Gasteiger partial charge in [-0.3, -0.25) is 14.8 Å². The van der Waals surface area contributed by atoms with Gasteiger partial charge in [-0.05, 0) is 55.4 Å². The average molecular weight is 435 g/mol. The number of nitrogens with one attached hydrogen (secondary N) is 1. The smallest absolute Gasteiger partial charge is 0.264 e. The molecule has 3 rings (SSSR count).